The smallest absolute Gasteiger partial charge is 0.333 e. The molecule has 2 aromatic rings. The Kier molecular flexibility index (Phi) is 4.22. The summed E-state index contributed by atoms with van der Waals surface area (Å²) in [5.41, 5.74) is 0.916. The normalized spacial score (nSPS) is 11.5. The quantitative estimate of drug-likeness (QED) is 0.864. The number of fused-ring (bicyclic) bond motifs is 1. The highest BCUT2D eigenvalue weighted by Gasteiger charge is 2.23. The summed E-state index contributed by atoms with van der Waals surface area (Å²) in [6.07, 6.45) is 0.340. The Labute approximate surface area is 141 Å². The second-order valence-electron chi connectivity index (χ2n) is 4.76. The molecule has 0 spiro atoms. The molecule has 24 heavy (non-hydrogen) atoms. The molecule has 0 bridgehead atoms. The monoisotopic (exact) mass is 343 g/mol. The van der Waals surface area contributed by atoms with Crippen molar-refractivity contribution in [1.82, 2.24) is 0 Å². The van der Waals surface area contributed by atoms with Crippen LogP contribution in [0.1, 0.15) is 5.56 Å². The summed E-state index contributed by atoms with van der Waals surface area (Å²) in [6, 6.07) is 10.5. The molecule has 0 aliphatic carbocycles. The first-order valence-electron chi connectivity index (χ1n) is 6.77. The number of carbonyl (C=O) groups is 2. The van der Waals surface area contributed by atoms with Crippen LogP contribution in [0.3, 0.4) is 0 Å². The maximum absolute atomic E-state index is 12.4. The van der Waals surface area contributed by atoms with E-state index >= 15 is 0 Å². The first-order chi connectivity index (χ1) is 11.6. The van der Waals surface area contributed by atoms with E-state index in [9.17, 15) is 9.59 Å². The lowest BCUT2D eigenvalue weighted by Gasteiger charge is -2.18. The van der Waals surface area contributed by atoms with E-state index in [2.05, 4.69) is 5.32 Å². The van der Waals surface area contributed by atoms with Gasteiger partial charge in [0.25, 0.3) is 0 Å². The van der Waals surface area contributed by atoms with Gasteiger partial charge in [-0.15, -0.1) is 0 Å². The maximum atomic E-state index is 12.4. The molecule has 0 radical (unpaired) electrons. The number of rotatable bonds is 3. The van der Waals surface area contributed by atoms with Crippen molar-refractivity contribution in [3.8, 4) is 17.6 Å². The van der Waals surface area contributed by atoms with Crippen molar-refractivity contribution in [2.24, 2.45) is 0 Å². The molecule has 120 valence electrons. The number of carbonyl (C=O) groups excluding carboxylic acids is 2. The molecule has 1 aliphatic rings. The molecule has 1 aliphatic heterocycles. The molecular formula is C16H10ClN3O4. The Hall–Kier alpha value is -3.24. The van der Waals surface area contributed by atoms with Gasteiger partial charge in [-0.1, -0.05) is 17.7 Å². The molecule has 7 nitrogen and oxygen atoms in total. The standard InChI is InChI=1S/C16H10ClN3O4/c17-12-5-14-15(24-9-23-14)6-13(12)20(8-21)16(22)19-11-3-1-2-10(4-11)7-18/h1-6,8H,9H2,(H,19,22). The Bertz CT molecular complexity index is 863. The molecule has 8 heteroatoms. The van der Waals surface area contributed by atoms with Crippen molar-refractivity contribution in [3.63, 3.8) is 0 Å². The van der Waals surface area contributed by atoms with Gasteiger partial charge in [-0.3, -0.25) is 4.79 Å². The predicted molar refractivity (Wildman–Crippen MR) is 86.3 cm³/mol. The maximum Gasteiger partial charge on any atom is 0.333 e. The zero-order valence-electron chi connectivity index (χ0n) is 12.2. The lowest BCUT2D eigenvalue weighted by molar-refractivity contribution is -0.106. The summed E-state index contributed by atoms with van der Waals surface area (Å²) in [6.45, 7) is 0.0450. The Morgan fingerprint density at radius 2 is 2.04 bits per heavy atom. The van der Waals surface area contributed by atoms with Crippen LogP contribution in [0, 0.1) is 11.3 Å². The summed E-state index contributed by atoms with van der Waals surface area (Å²) in [5, 5.41) is 11.6. The minimum absolute atomic E-state index is 0.0450. The highest BCUT2D eigenvalue weighted by Crippen LogP contribution is 2.40. The van der Waals surface area contributed by atoms with Crippen LogP contribution in [-0.4, -0.2) is 19.2 Å². The highest BCUT2D eigenvalue weighted by molar-refractivity contribution is 6.35. The van der Waals surface area contributed by atoms with Crippen molar-refractivity contribution < 1.29 is 19.1 Å². The topological polar surface area (TPSA) is 91.7 Å². The van der Waals surface area contributed by atoms with Crippen LogP contribution in [0.5, 0.6) is 11.5 Å². The third kappa shape index (κ3) is 2.95. The Morgan fingerprint density at radius 3 is 2.75 bits per heavy atom. The summed E-state index contributed by atoms with van der Waals surface area (Å²) in [7, 11) is 0. The van der Waals surface area contributed by atoms with Crippen LogP contribution in [0.4, 0.5) is 16.2 Å². The Balaban J connectivity index is 1.87. The van der Waals surface area contributed by atoms with E-state index in [4.69, 9.17) is 26.3 Å². The van der Waals surface area contributed by atoms with Crippen molar-refractivity contribution >= 4 is 35.4 Å². The van der Waals surface area contributed by atoms with Gasteiger partial charge in [-0.2, -0.15) is 5.26 Å². The molecule has 0 fully saturated rings. The molecule has 0 saturated carbocycles. The zero-order valence-corrected chi connectivity index (χ0v) is 12.9. The number of nitrogens with zero attached hydrogens (tertiary/aromatic N) is 2. The summed E-state index contributed by atoms with van der Waals surface area (Å²) < 4.78 is 10.4. The fourth-order valence-electron chi connectivity index (χ4n) is 2.16. The van der Waals surface area contributed by atoms with E-state index in [0.29, 0.717) is 29.2 Å². The van der Waals surface area contributed by atoms with Gasteiger partial charge >= 0.3 is 6.03 Å². The van der Waals surface area contributed by atoms with Gasteiger partial charge in [0.15, 0.2) is 11.5 Å². The van der Waals surface area contributed by atoms with Gasteiger partial charge in [0.1, 0.15) is 0 Å². The van der Waals surface area contributed by atoms with E-state index in [1.54, 1.807) is 18.2 Å². The number of amides is 3. The molecule has 3 rings (SSSR count). The van der Waals surface area contributed by atoms with Gasteiger partial charge in [0, 0.05) is 17.8 Å². The fourth-order valence-corrected chi connectivity index (χ4v) is 2.40. The molecule has 3 amide bonds. The predicted octanol–water partition coefficient (Wildman–Crippen LogP) is 3.14. The molecule has 0 saturated heterocycles. The SMILES string of the molecule is N#Cc1cccc(NC(=O)N(C=O)c2cc3c(cc2Cl)OCO3)c1. The summed E-state index contributed by atoms with van der Waals surface area (Å²) in [5.74, 6) is 0.831. The molecule has 0 aromatic heterocycles. The number of nitriles is 1. The molecule has 1 heterocycles. The third-order valence-corrected chi connectivity index (χ3v) is 3.57. The third-order valence-electron chi connectivity index (χ3n) is 3.27. The number of nitrogens with one attached hydrogen (secondary N) is 1. The van der Waals surface area contributed by atoms with E-state index < -0.39 is 6.03 Å². The van der Waals surface area contributed by atoms with Crippen LogP contribution in [0.25, 0.3) is 0 Å². The number of urea groups is 1. The number of imide groups is 1. The van der Waals surface area contributed by atoms with E-state index in [1.807, 2.05) is 6.07 Å². The Morgan fingerprint density at radius 1 is 1.29 bits per heavy atom. The first-order valence-corrected chi connectivity index (χ1v) is 7.15. The summed E-state index contributed by atoms with van der Waals surface area (Å²) in [4.78, 5) is 24.6. The summed E-state index contributed by atoms with van der Waals surface area (Å²) >= 11 is 6.12. The molecule has 1 N–H and O–H groups in total. The molecule has 2 aromatic carbocycles. The number of halogens is 1. The molecule has 0 unspecified atom stereocenters. The van der Waals surface area contributed by atoms with Crippen LogP contribution < -0.4 is 19.7 Å². The number of hydrogen-bond donors (Lipinski definition) is 1. The zero-order chi connectivity index (χ0) is 17.1. The minimum Gasteiger partial charge on any atom is -0.454 e. The highest BCUT2D eigenvalue weighted by atomic mass is 35.5. The molecular weight excluding hydrogens is 334 g/mol. The average Bonchev–Trinajstić information content (AvgIpc) is 3.03. The van der Waals surface area contributed by atoms with Crippen LogP contribution >= 0.6 is 11.6 Å². The van der Waals surface area contributed by atoms with Crippen LogP contribution in [-0.2, 0) is 4.79 Å². The van der Waals surface area contributed by atoms with Gasteiger partial charge in [0.05, 0.1) is 22.3 Å². The van der Waals surface area contributed by atoms with Crippen molar-refractivity contribution in [2.45, 2.75) is 0 Å². The second kappa shape index (κ2) is 6.48. The van der Waals surface area contributed by atoms with Gasteiger partial charge < -0.3 is 14.8 Å². The largest absolute Gasteiger partial charge is 0.454 e. The number of ether oxygens (including phenoxy) is 2. The number of hydrogen-bond acceptors (Lipinski definition) is 5. The van der Waals surface area contributed by atoms with Crippen LogP contribution in [0.2, 0.25) is 5.02 Å². The average molecular weight is 344 g/mol. The van der Waals surface area contributed by atoms with Gasteiger partial charge in [-0.05, 0) is 18.2 Å². The minimum atomic E-state index is -0.721. The van der Waals surface area contributed by atoms with E-state index in [0.717, 1.165) is 4.90 Å². The van der Waals surface area contributed by atoms with Crippen LogP contribution in [0.15, 0.2) is 36.4 Å². The lowest BCUT2D eigenvalue weighted by atomic mass is 10.2. The van der Waals surface area contributed by atoms with Crippen molar-refractivity contribution in [1.29, 1.82) is 5.26 Å². The number of anilines is 2. The molecule has 0 atom stereocenters. The second-order valence-corrected chi connectivity index (χ2v) is 5.16. The lowest BCUT2D eigenvalue weighted by Crippen LogP contribution is -2.34. The van der Waals surface area contributed by atoms with E-state index in [-0.39, 0.29) is 17.5 Å². The van der Waals surface area contributed by atoms with Gasteiger partial charge in [0.2, 0.25) is 13.2 Å². The van der Waals surface area contributed by atoms with Gasteiger partial charge in [-0.25, -0.2) is 9.69 Å². The van der Waals surface area contributed by atoms with Crippen molar-refractivity contribution in [3.05, 3.63) is 47.0 Å². The van der Waals surface area contributed by atoms with Crippen molar-refractivity contribution in [2.75, 3.05) is 17.0 Å². The van der Waals surface area contributed by atoms with E-state index in [1.165, 1.54) is 18.2 Å². The first kappa shape index (κ1) is 15.6. The number of benzene rings is 2. The fraction of sp³-hybridized carbons (Fsp3) is 0.0625.